The molecule has 0 spiro atoms. The Morgan fingerprint density at radius 1 is 1.07 bits per heavy atom. The second kappa shape index (κ2) is 13.0. The average molecular weight is 476 g/mol. The Kier molecular flexibility index (Phi) is 10.4. The van der Waals surface area contributed by atoms with Crippen molar-refractivity contribution in [2.75, 3.05) is 38.1 Å². The van der Waals surface area contributed by atoms with Gasteiger partial charge in [0.2, 0.25) is 5.91 Å². The number of anilines is 1. The molecule has 2 rings (SSSR count). The molecule has 0 fully saturated rings. The summed E-state index contributed by atoms with van der Waals surface area (Å²) in [6.07, 6.45) is 0.979. The van der Waals surface area contributed by atoms with Crippen LogP contribution in [0.2, 0.25) is 0 Å². The molecule has 0 aliphatic heterocycles. The predicted molar refractivity (Wildman–Crippen MR) is 124 cm³/mol. The van der Waals surface area contributed by atoms with E-state index < -0.39 is 0 Å². The number of hydrogen-bond donors (Lipinski definition) is 2. The Morgan fingerprint density at radius 3 is 2.47 bits per heavy atom. The maximum absolute atomic E-state index is 12.2. The summed E-state index contributed by atoms with van der Waals surface area (Å²) in [7, 11) is 0. The van der Waals surface area contributed by atoms with E-state index in [0.717, 1.165) is 29.9 Å². The highest BCUT2D eigenvalue weighted by Crippen LogP contribution is 2.18. The lowest BCUT2D eigenvalue weighted by atomic mass is 10.2. The minimum atomic E-state index is -0.107. The molecule has 0 saturated carbocycles. The first-order valence-electron chi connectivity index (χ1n) is 10.3. The van der Waals surface area contributed by atoms with E-state index in [1.165, 1.54) is 0 Å². The van der Waals surface area contributed by atoms with Gasteiger partial charge in [0.15, 0.2) is 0 Å². The first-order chi connectivity index (χ1) is 14.5. The van der Waals surface area contributed by atoms with Gasteiger partial charge in [-0.3, -0.25) is 9.59 Å². The van der Waals surface area contributed by atoms with Crippen molar-refractivity contribution in [3.05, 3.63) is 58.6 Å². The lowest BCUT2D eigenvalue weighted by molar-refractivity contribution is -0.116. The lowest BCUT2D eigenvalue weighted by Crippen LogP contribution is -2.34. The topological polar surface area (TPSA) is 70.7 Å². The number of carbonyl (C=O) groups is 2. The van der Waals surface area contributed by atoms with Crippen LogP contribution >= 0.6 is 15.9 Å². The van der Waals surface area contributed by atoms with Crippen LogP contribution in [0.15, 0.2) is 53.0 Å². The zero-order valence-electron chi connectivity index (χ0n) is 17.6. The van der Waals surface area contributed by atoms with E-state index >= 15 is 0 Å². The predicted octanol–water partition coefficient (Wildman–Crippen LogP) is 4.32. The third-order valence-electron chi connectivity index (χ3n) is 4.65. The molecule has 2 aromatic carbocycles. The van der Waals surface area contributed by atoms with Gasteiger partial charge in [-0.15, -0.1) is 0 Å². The number of benzene rings is 2. The van der Waals surface area contributed by atoms with Gasteiger partial charge in [0.25, 0.3) is 5.91 Å². The Labute approximate surface area is 187 Å². The number of carbonyl (C=O) groups excluding carboxylic acids is 2. The van der Waals surface area contributed by atoms with Gasteiger partial charge in [0, 0.05) is 35.2 Å². The first-order valence-corrected chi connectivity index (χ1v) is 11.1. The minimum absolute atomic E-state index is 0.0794. The van der Waals surface area contributed by atoms with Crippen molar-refractivity contribution in [1.29, 1.82) is 0 Å². The Hall–Kier alpha value is -2.38. The number of rotatable bonds is 12. The van der Waals surface area contributed by atoms with Crippen LogP contribution in [0.5, 0.6) is 5.75 Å². The highest BCUT2D eigenvalue weighted by molar-refractivity contribution is 9.10. The van der Waals surface area contributed by atoms with Crippen LogP contribution in [0.3, 0.4) is 0 Å². The van der Waals surface area contributed by atoms with Crippen molar-refractivity contribution in [3.8, 4) is 5.75 Å². The molecule has 0 heterocycles. The van der Waals surface area contributed by atoms with Crippen LogP contribution in [0.1, 0.15) is 37.0 Å². The smallest absolute Gasteiger partial charge is 0.251 e. The van der Waals surface area contributed by atoms with E-state index in [9.17, 15) is 9.59 Å². The van der Waals surface area contributed by atoms with Crippen molar-refractivity contribution < 1.29 is 14.3 Å². The standard InChI is InChI=1S/C23H30BrN3O3/c1-3-27(4-2)15-14-25-23(29)18-10-12-20(13-11-18)26-22(28)9-6-16-30-21-8-5-7-19(24)17-21/h5,7-8,10-13,17H,3-4,6,9,14-16H2,1-2H3,(H,25,29)(H,26,28). The number of ether oxygens (including phenoxy) is 1. The molecule has 2 N–H and O–H groups in total. The second-order valence-corrected chi connectivity index (χ2v) is 7.73. The summed E-state index contributed by atoms with van der Waals surface area (Å²) in [5, 5.41) is 5.77. The maximum Gasteiger partial charge on any atom is 0.251 e. The minimum Gasteiger partial charge on any atom is -0.494 e. The molecular formula is C23H30BrN3O3. The molecule has 2 amide bonds. The SMILES string of the molecule is CCN(CC)CCNC(=O)c1ccc(NC(=O)CCCOc2cccc(Br)c2)cc1. The number of hydrogen-bond acceptors (Lipinski definition) is 4. The molecule has 0 bridgehead atoms. The van der Waals surface area contributed by atoms with Crippen LogP contribution in [-0.2, 0) is 4.79 Å². The zero-order valence-corrected chi connectivity index (χ0v) is 19.2. The molecule has 7 heteroatoms. The van der Waals surface area contributed by atoms with Crippen molar-refractivity contribution in [3.63, 3.8) is 0 Å². The fraction of sp³-hybridized carbons (Fsp3) is 0.391. The number of nitrogens with zero attached hydrogens (tertiary/aromatic N) is 1. The summed E-state index contributed by atoms with van der Waals surface area (Å²) in [5.41, 5.74) is 1.25. The molecule has 0 saturated heterocycles. The van der Waals surface area contributed by atoms with Crippen LogP contribution in [0.25, 0.3) is 0 Å². The van der Waals surface area contributed by atoms with Gasteiger partial charge in [-0.25, -0.2) is 0 Å². The molecule has 30 heavy (non-hydrogen) atoms. The van der Waals surface area contributed by atoms with E-state index in [4.69, 9.17) is 4.74 Å². The van der Waals surface area contributed by atoms with E-state index in [2.05, 4.69) is 45.3 Å². The quantitative estimate of drug-likeness (QED) is 0.448. The summed E-state index contributed by atoms with van der Waals surface area (Å²) in [6.45, 7) is 8.06. The molecule has 162 valence electrons. The Bertz CT molecular complexity index is 808. The van der Waals surface area contributed by atoms with Gasteiger partial charge in [-0.05, 0) is 62.0 Å². The van der Waals surface area contributed by atoms with Crippen molar-refractivity contribution in [2.24, 2.45) is 0 Å². The monoisotopic (exact) mass is 475 g/mol. The fourth-order valence-electron chi connectivity index (χ4n) is 2.88. The molecular weight excluding hydrogens is 446 g/mol. The molecule has 0 aliphatic carbocycles. The van der Waals surface area contributed by atoms with Crippen LogP contribution in [0.4, 0.5) is 5.69 Å². The molecule has 0 aliphatic rings. The molecule has 0 unspecified atom stereocenters. The van der Waals surface area contributed by atoms with Gasteiger partial charge >= 0.3 is 0 Å². The largest absolute Gasteiger partial charge is 0.494 e. The maximum atomic E-state index is 12.2. The number of nitrogens with one attached hydrogen (secondary N) is 2. The molecule has 0 atom stereocenters. The molecule has 0 radical (unpaired) electrons. The van der Waals surface area contributed by atoms with E-state index in [1.807, 2.05) is 24.3 Å². The summed E-state index contributed by atoms with van der Waals surface area (Å²) >= 11 is 3.40. The summed E-state index contributed by atoms with van der Waals surface area (Å²) < 4.78 is 6.59. The van der Waals surface area contributed by atoms with Crippen LogP contribution in [-0.4, -0.2) is 49.5 Å². The van der Waals surface area contributed by atoms with E-state index in [0.29, 0.717) is 37.2 Å². The van der Waals surface area contributed by atoms with Gasteiger partial charge in [0.05, 0.1) is 6.61 Å². The van der Waals surface area contributed by atoms with Gasteiger partial charge in [-0.2, -0.15) is 0 Å². The second-order valence-electron chi connectivity index (χ2n) is 6.82. The normalized spacial score (nSPS) is 10.7. The molecule has 0 aromatic heterocycles. The summed E-state index contributed by atoms with van der Waals surface area (Å²) in [4.78, 5) is 26.6. The lowest BCUT2D eigenvalue weighted by Gasteiger charge is -2.18. The molecule has 2 aromatic rings. The summed E-state index contributed by atoms with van der Waals surface area (Å²) in [5.74, 6) is 0.588. The molecule has 6 nitrogen and oxygen atoms in total. The zero-order chi connectivity index (χ0) is 21.8. The number of amides is 2. The van der Waals surface area contributed by atoms with Crippen molar-refractivity contribution in [2.45, 2.75) is 26.7 Å². The van der Waals surface area contributed by atoms with E-state index in [-0.39, 0.29) is 11.8 Å². The third-order valence-corrected chi connectivity index (χ3v) is 5.15. The number of halogens is 1. The van der Waals surface area contributed by atoms with Gasteiger partial charge in [0.1, 0.15) is 5.75 Å². The van der Waals surface area contributed by atoms with E-state index in [1.54, 1.807) is 24.3 Å². The van der Waals surface area contributed by atoms with Crippen LogP contribution in [0, 0.1) is 0 Å². The average Bonchev–Trinajstić information content (AvgIpc) is 2.75. The van der Waals surface area contributed by atoms with Gasteiger partial charge in [-0.1, -0.05) is 35.8 Å². The Morgan fingerprint density at radius 2 is 1.80 bits per heavy atom. The van der Waals surface area contributed by atoms with Gasteiger partial charge < -0.3 is 20.3 Å². The third kappa shape index (κ3) is 8.55. The fourth-order valence-corrected chi connectivity index (χ4v) is 3.26. The highest BCUT2D eigenvalue weighted by atomic mass is 79.9. The first kappa shape index (κ1) is 23.9. The Balaban J connectivity index is 1.68. The van der Waals surface area contributed by atoms with Crippen molar-refractivity contribution >= 4 is 33.4 Å². The van der Waals surface area contributed by atoms with Crippen LogP contribution < -0.4 is 15.4 Å². The number of likely N-dealkylation sites (N-methyl/N-ethyl adjacent to an activating group) is 1. The summed E-state index contributed by atoms with van der Waals surface area (Å²) in [6, 6.07) is 14.5. The van der Waals surface area contributed by atoms with Crippen molar-refractivity contribution in [1.82, 2.24) is 10.2 Å². The highest BCUT2D eigenvalue weighted by Gasteiger charge is 2.07.